The lowest BCUT2D eigenvalue weighted by atomic mass is 10.1. The highest BCUT2D eigenvalue weighted by Crippen LogP contribution is 2.35. The Kier molecular flexibility index (Phi) is 6.95. The van der Waals surface area contributed by atoms with Crippen LogP contribution in [0.25, 0.3) is 22.7 Å². The maximum Gasteiger partial charge on any atom is 0.262 e. The molecular weight excluding hydrogens is 496 g/mol. The van der Waals surface area contributed by atoms with E-state index in [1.165, 1.54) is 7.11 Å². The number of ether oxygens (including phenoxy) is 2. The molecule has 4 aromatic rings. The molecule has 1 aromatic heterocycles. The SMILES string of the molecule is COc1cc(/C=C(/C#N)c2nc3ccc(C)cc3[nH]2)c(Br)cc1OCC(=O)Nc1ccccc1. The Hall–Kier alpha value is -4.09. The summed E-state index contributed by atoms with van der Waals surface area (Å²) in [5.41, 5.74) is 4.51. The fourth-order valence-corrected chi connectivity index (χ4v) is 3.79. The lowest BCUT2D eigenvalue weighted by Gasteiger charge is -2.13. The molecule has 34 heavy (non-hydrogen) atoms. The zero-order valence-corrected chi connectivity index (χ0v) is 20.1. The van der Waals surface area contributed by atoms with Crippen molar-refractivity contribution in [2.75, 3.05) is 19.0 Å². The summed E-state index contributed by atoms with van der Waals surface area (Å²) in [6.07, 6.45) is 1.71. The molecule has 8 heteroatoms. The normalized spacial score (nSPS) is 11.2. The number of halogens is 1. The first-order chi connectivity index (χ1) is 16.5. The van der Waals surface area contributed by atoms with E-state index < -0.39 is 0 Å². The van der Waals surface area contributed by atoms with E-state index in [-0.39, 0.29) is 12.5 Å². The molecule has 0 bridgehead atoms. The molecule has 1 amide bonds. The maximum atomic E-state index is 12.2. The maximum absolute atomic E-state index is 12.2. The van der Waals surface area contributed by atoms with Gasteiger partial charge in [0.1, 0.15) is 11.9 Å². The molecule has 0 saturated heterocycles. The molecule has 0 unspecified atom stereocenters. The lowest BCUT2D eigenvalue weighted by Crippen LogP contribution is -2.20. The first-order valence-corrected chi connectivity index (χ1v) is 11.2. The van der Waals surface area contributed by atoms with Crippen LogP contribution in [0, 0.1) is 18.3 Å². The number of aryl methyl sites for hydroxylation is 1. The Morgan fingerprint density at radius 2 is 1.97 bits per heavy atom. The molecule has 0 radical (unpaired) electrons. The zero-order chi connectivity index (χ0) is 24.1. The van der Waals surface area contributed by atoms with Crippen molar-refractivity contribution < 1.29 is 14.3 Å². The third-order valence-electron chi connectivity index (χ3n) is 5.01. The first kappa shape index (κ1) is 23.1. The summed E-state index contributed by atoms with van der Waals surface area (Å²) >= 11 is 3.53. The van der Waals surface area contributed by atoms with Crippen molar-refractivity contribution in [1.82, 2.24) is 9.97 Å². The number of aromatic nitrogens is 2. The zero-order valence-electron chi connectivity index (χ0n) is 18.6. The number of benzene rings is 3. The number of H-pyrrole nitrogens is 1. The van der Waals surface area contributed by atoms with Crippen molar-refractivity contribution in [3.63, 3.8) is 0 Å². The van der Waals surface area contributed by atoms with Crippen LogP contribution in [0.15, 0.2) is 65.1 Å². The number of anilines is 1. The number of nitrogens with zero attached hydrogens (tertiary/aromatic N) is 2. The third kappa shape index (κ3) is 5.27. The van der Waals surface area contributed by atoms with E-state index in [4.69, 9.17) is 9.47 Å². The van der Waals surface area contributed by atoms with Crippen LogP contribution in [0.1, 0.15) is 17.0 Å². The van der Waals surface area contributed by atoms with Gasteiger partial charge in [0.2, 0.25) is 0 Å². The van der Waals surface area contributed by atoms with Crippen LogP contribution in [0.5, 0.6) is 11.5 Å². The summed E-state index contributed by atoms with van der Waals surface area (Å²) in [6.45, 7) is 1.81. The number of methoxy groups -OCH3 is 1. The number of carbonyl (C=O) groups excluding carboxylic acids is 1. The van der Waals surface area contributed by atoms with E-state index in [9.17, 15) is 10.1 Å². The predicted molar refractivity (Wildman–Crippen MR) is 136 cm³/mol. The highest BCUT2D eigenvalue weighted by atomic mass is 79.9. The molecule has 0 aliphatic carbocycles. The summed E-state index contributed by atoms with van der Waals surface area (Å²) in [6, 6.07) is 20.7. The molecule has 3 aromatic carbocycles. The van der Waals surface area contributed by atoms with Gasteiger partial charge in [-0.1, -0.05) is 40.2 Å². The minimum absolute atomic E-state index is 0.186. The van der Waals surface area contributed by atoms with E-state index in [1.54, 1.807) is 30.3 Å². The Bertz CT molecular complexity index is 1420. The number of nitriles is 1. The van der Waals surface area contributed by atoms with Crippen LogP contribution in [0.4, 0.5) is 5.69 Å². The lowest BCUT2D eigenvalue weighted by molar-refractivity contribution is -0.118. The number of para-hydroxylation sites is 1. The predicted octanol–water partition coefficient (Wildman–Crippen LogP) is 5.72. The molecule has 4 rings (SSSR count). The van der Waals surface area contributed by atoms with Gasteiger partial charge in [0, 0.05) is 10.2 Å². The first-order valence-electron chi connectivity index (χ1n) is 10.4. The van der Waals surface area contributed by atoms with Crippen LogP contribution < -0.4 is 14.8 Å². The van der Waals surface area contributed by atoms with Crippen LogP contribution >= 0.6 is 15.9 Å². The summed E-state index contributed by atoms with van der Waals surface area (Å²) in [5, 5.41) is 12.5. The van der Waals surface area contributed by atoms with Crippen LogP contribution in [0.3, 0.4) is 0 Å². The van der Waals surface area contributed by atoms with Crippen LogP contribution in [-0.4, -0.2) is 29.6 Å². The molecule has 7 nitrogen and oxygen atoms in total. The van der Waals surface area contributed by atoms with Gasteiger partial charge < -0.3 is 19.8 Å². The van der Waals surface area contributed by atoms with E-state index in [2.05, 4.69) is 37.3 Å². The Balaban J connectivity index is 1.56. The molecule has 0 saturated carbocycles. The smallest absolute Gasteiger partial charge is 0.262 e. The summed E-state index contributed by atoms with van der Waals surface area (Å²) < 4.78 is 11.8. The van der Waals surface area contributed by atoms with E-state index in [1.807, 2.05) is 43.3 Å². The number of amides is 1. The molecule has 0 spiro atoms. The van der Waals surface area contributed by atoms with Gasteiger partial charge in [-0.05, 0) is 60.5 Å². The van der Waals surface area contributed by atoms with Crippen LogP contribution in [0.2, 0.25) is 0 Å². The number of nitrogens with one attached hydrogen (secondary N) is 2. The van der Waals surface area contributed by atoms with Gasteiger partial charge >= 0.3 is 0 Å². The second-order valence-corrected chi connectivity index (χ2v) is 8.36. The minimum Gasteiger partial charge on any atom is -0.493 e. The van der Waals surface area contributed by atoms with E-state index in [0.717, 1.165) is 16.6 Å². The Morgan fingerprint density at radius 1 is 1.18 bits per heavy atom. The summed E-state index contributed by atoms with van der Waals surface area (Å²) in [4.78, 5) is 20.0. The number of hydrogen-bond acceptors (Lipinski definition) is 5. The van der Waals surface area contributed by atoms with Gasteiger partial charge in [0.15, 0.2) is 18.1 Å². The summed E-state index contributed by atoms with van der Waals surface area (Å²) in [5.74, 6) is 1.01. The van der Waals surface area contributed by atoms with Crippen molar-refractivity contribution in [2.45, 2.75) is 6.92 Å². The second kappa shape index (κ2) is 10.2. The topological polar surface area (TPSA) is 100 Å². The van der Waals surface area contributed by atoms with Gasteiger partial charge in [-0.3, -0.25) is 4.79 Å². The average molecular weight is 517 g/mol. The fourth-order valence-electron chi connectivity index (χ4n) is 3.36. The molecule has 0 fully saturated rings. The number of hydrogen-bond donors (Lipinski definition) is 2. The molecular formula is C26H21BrN4O3. The molecule has 1 heterocycles. The molecule has 170 valence electrons. The Labute approximate surface area is 205 Å². The van der Waals surface area contributed by atoms with Crippen molar-refractivity contribution in [1.29, 1.82) is 5.26 Å². The fraction of sp³-hybridized carbons (Fsp3) is 0.115. The van der Waals surface area contributed by atoms with Crippen molar-refractivity contribution >= 4 is 50.2 Å². The standard InChI is InChI=1S/C26H21BrN4O3/c1-16-8-9-21-22(10-16)31-26(30-21)18(14-28)11-17-12-23(33-2)24(13-20(17)27)34-15-25(32)29-19-6-4-3-5-7-19/h3-13H,15H2,1-2H3,(H,29,32)(H,30,31)/b18-11-. The van der Waals surface area contributed by atoms with Gasteiger partial charge in [0.05, 0.1) is 23.7 Å². The van der Waals surface area contributed by atoms with Crippen molar-refractivity contribution in [3.8, 4) is 17.6 Å². The van der Waals surface area contributed by atoms with Crippen molar-refractivity contribution in [2.24, 2.45) is 0 Å². The number of aromatic amines is 1. The van der Waals surface area contributed by atoms with Crippen LogP contribution in [-0.2, 0) is 4.79 Å². The molecule has 0 aliphatic rings. The number of fused-ring (bicyclic) bond motifs is 1. The quantitative estimate of drug-likeness (QED) is 0.305. The van der Waals surface area contributed by atoms with Gasteiger partial charge in [-0.25, -0.2) is 4.98 Å². The highest BCUT2D eigenvalue weighted by molar-refractivity contribution is 9.10. The number of allylic oxidation sites excluding steroid dienone is 1. The monoisotopic (exact) mass is 516 g/mol. The molecule has 2 N–H and O–H groups in total. The molecule has 0 aliphatic heterocycles. The molecule has 0 atom stereocenters. The average Bonchev–Trinajstić information content (AvgIpc) is 3.25. The summed E-state index contributed by atoms with van der Waals surface area (Å²) in [7, 11) is 1.51. The van der Waals surface area contributed by atoms with E-state index in [0.29, 0.717) is 38.6 Å². The minimum atomic E-state index is -0.291. The van der Waals surface area contributed by atoms with Gasteiger partial charge in [-0.2, -0.15) is 5.26 Å². The third-order valence-corrected chi connectivity index (χ3v) is 5.70. The second-order valence-electron chi connectivity index (χ2n) is 7.50. The number of imidazole rings is 1. The Morgan fingerprint density at radius 3 is 2.71 bits per heavy atom. The van der Waals surface area contributed by atoms with Gasteiger partial charge in [0.25, 0.3) is 5.91 Å². The van der Waals surface area contributed by atoms with E-state index >= 15 is 0 Å². The number of rotatable bonds is 7. The van der Waals surface area contributed by atoms with Crippen molar-refractivity contribution in [3.05, 3.63) is 82.1 Å². The largest absolute Gasteiger partial charge is 0.493 e. The van der Waals surface area contributed by atoms with Gasteiger partial charge in [-0.15, -0.1) is 0 Å². The highest BCUT2D eigenvalue weighted by Gasteiger charge is 2.14. The number of carbonyl (C=O) groups is 1.